The van der Waals surface area contributed by atoms with Gasteiger partial charge in [-0.25, -0.2) is 14.8 Å². The van der Waals surface area contributed by atoms with Crippen molar-refractivity contribution in [2.45, 2.75) is 45.0 Å². The highest BCUT2D eigenvalue weighted by atomic mass is 19.4. The Morgan fingerprint density at radius 3 is 2.68 bits per heavy atom. The Balaban J connectivity index is 1.91. The highest BCUT2D eigenvalue weighted by molar-refractivity contribution is 5.72. The van der Waals surface area contributed by atoms with Crippen LogP contribution >= 0.6 is 0 Å². The molecule has 9 heteroatoms. The first kappa shape index (κ1) is 17.5. The first-order valence-corrected chi connectivity index (χ1v) is 7.94. The molecule has 0 N–H and O–H groups in total. The average Bonchev–Trinajstić information content (AvgIpc) is 3.09. The summed E-state index contributed by atoms with van der Waals surface area (Å²) in [5.41, 5.74) is -0.299. The molecule has 0 aromatic carbocycles. The predicted molar refractivity (Wildman–Crippen MR) is 84.0 cm³/mol. The molecule has 136 valence electrons. The van der Waals surface area contributed by atoms with Crippen LogP contribution in [0.4, 0.5) is 18.0 Å². The van der Waals surface area contributed by atoms with Gasteiger partial charge in [0, 0.05) is 19.3 Å². The third kappa shape index (κ3) is 3.54. The van der Waals surface area contributed by atoms with E-state index in [0.29, 0.717) is 13.0 Å². The molecule has 2 aromatic rings. The van der Waals surface area contributed by atoms with E-state index in [-0.39, 0.29) is 17.7 Å². The molecule has 3 rings (SSSR count). The van der Waals surface area contributed by atoms with Crippen LogP contribution in [-0.2, 0) is 10.9 Å². The Morgan fingerprint density at radius 1 is 1.32 bits per heavy atom. The van der Waals surface area contributed by atoms with Gasteiger partial charge in [0.1, 0.15) is 11.1 Å². The normalized spacial score (nSPS) is 18.8. The van der Waals surface area contributed by atoms with Crippen LogP contribution in [0.2, 0.25) is 0 Å². The second kappa shape index (κ2) is 5.89. The Hall–Kier alpha value is -2.32. The maximum Gasteiger partial charge on any atom is 0.449 e. The van der Waals surface area contributed by atoms with Crippen molar-refractivity contribution < 1.29 is 22.7 Å². The number of alkyl halides is 3. The molecule has 0 saturated carbocycles. The van der Waals surface area contributed by atoms with Crippen LogP contribution in [0.25, 0.3) is 11.2 Å². The monoisotopic (exact) mass is 356 g/mol. The van der Waals surface area contributed by atoms with E-state index in [1.54, 1.807) is 26.8 Å². The van der Waals surface area contributed by atoms with Gasteiger partial charge in [0.25, 0.3) is 0 Å². The van der Waals surface area contributed by atoms with Gasteiger partial charge in [-0.3, -0.25) is 0 Å². The third-order valence-electron chi connectivity index (χ3n) is 3.88. The molecule has 0 radical (unpaired) electrons. The number of fused-ring (bicyclic) bond motifs is 1. The van der Waals surface area contributed by atoms with E-state index >= 15 is 0 Å². The molecule has 6 nitrogen and oxygen atoms in total. The zero-order valence-corrected chi connectivity index (χ0v) is 14.2. The number of rotatable bonds is 1. The van der Waals surface area contributed by atoms with Crippen LogP contribution in [0.15, 0.2) is 18.3 Å². The van der Waals surface area contributed by atoms with Gasteiger partial charge in [0.05, 0.1) is 6.04 Å². The number of pyridine rings is 1. The third-order valence-corrected chi connectivity index (χ3v) is 3.88. The first-order valence-electron chi connectivity index (χ1n) is 7.94. The molecule has 0 unspecified atom stereocenters. The van der Waals surface area contributed by atoms with Crippen molar-refractivity contribution in [3.8, 4) is 0 Å². The maximum atomic E-state index is 13.4. The van der Waals surface area contributed by atoms with Crippen molar-refractivity contribution in [3.63, 3.8) is 0 Å². The minimum Gasteiger partial charge on any atom is -0.444 e. The van der Waals surface area contributed by atoms with Gasteiger partial charge in [0.15, 0.2) is 5.65 Å². The zero-order chi connectivity index (χ0) is 18.4. The highest BCUT2D eigenvalue weighted by Gasteiger charge is 2.41. The lowest BCUT2D eigenvalue weighted by molar-refractivity contribution is -0.147. The van der Waals surface area contributed by atoms with Crippen LogP contribution < -0.4 is 0 Å². The van der Waals surface area contributed by atoms with Crippen LogP contribution in [0.5, 0.6) is 0 Å². The number of hydrogen-bond donors (Lipinski definition) is 0. The first-order chi connectivity index (χ1) is 11.6. The summed E-state index contributed by atoms with van der Waals surface area (Å²) in [6, 6.07) is 2.49. The summed E-state index contributed by atoms with van der Waals surface area (Å²) in [7, 11) is 0. The van der Waals surface area contributed by atoms with E-state index in [1.807, 2.05) is 0 Å². The summed E-state index contributed by atoms with van der Waals surface area (Å²) in [5, 5.41) is 0. The lowest BCUT2D eigenvalue weighted by Gasteiger charge is -2.24. The molecule has 0 spiro atoms. The summed E-state index contributed by atoms with van der Waals surface area (Å²) in [5.74, 6) is -0.989. The molecule has 25 heavy (non-hydrogen) atoms. The lowest BCUT2D eigenvalue weighted by atomic mass is 10.2. The van der Waals surface area contributed by atoms with Gasteiger partial charge in [0.2, 0.25) is 5.82 Å². The van der Waals surface area contributed by atoms with Crippen molar-refractivity contribution >= 4 is 17.3 Å². The van der Waals surface area contributed by atoms with Crippen molar-refractivity contribution in [1.82, 2.24) is 19.4 Å². The Bertz CT molecular complexity index is 795. The predicted octanol–water partition coefficient (Wildman–Crippen LogP) is 3.63. The lowest BCUT2D eigenvalue weighted by Crippen LogP contribution is -2.35. The van der Waals surface area contributed by atoms with Gasteiger partial charge in [-0.2, -0.15) is 13.2 Å². The van der Waals surface area contributed by atoms with E-state index in [1.165, 1.54) is 17.2 Å². The maximum absolute atomic E-state index is 13.4. The number of hydrogen-bond acceptors (Lipinski definition) is 4. The fourth-order valence-corrected chi connectivity index (χ4v) is 2.92. The minimum atomic E-state index is -4.60. The number of halogens is 3. The topological polar surface area (TPSA) is 60.2 Å². The molecule has 3 heterocycles. The second-order valence-corrected chi connectivity index (χ2v) is 7.02. The fraction of sp³-hybridized carbons (Fsp3) is 0.562. The van der Waals surface area contributed by atoms with E-state index in [2.05, 4.69) is 9.97 Å². The number of nitrogens with zero attached hydrogens (tertiary/aromatic N) is 4. The summed E-state index contributed by atoms with van der Waals surface area (Å²) in [6.45, 7) is 5.68. The van der Waals surface area contributed by atoms with E-state index in [9.17, 15) is 18.0 Å². The van der Waals surface area contributed by atoms with E-state index in [4.69, 9.17) is 4.74 Å². The summed E-state index contributed by atoms with van der Waals surface area (Å²) >= 11 is 0. The van der Waals surface area contributed by atoms with Crippen LogP contribution in [-0.4, -0.2) is 44.2 Å². The number of imidazole rings is 1. The Kier molecular flexibility index (Phi) is 4.12. The smallest absolute Gasteiger partial charge is 0.444 e. The van der Waals surface area contributed by atoms with Crippen molar-refractivity contribution in [1.29, 1.82) is 0 Å². The van der Waals surface area contributed by atoms with Gasteiger partial charge in [-0.15, -0.1) is 0 Å². The summed E-state index contributed by atoms with van der Waals surface area (Å²) in [6.07, 6.45) is -3.31. The van der Waals surface area contributed by atoms with Gasteiger partial charge >= 0.3 is 12.3 Å². The number of likely N-dealkylation sites (tertiary alicyclic amines) is 1. The Morgan fingerprint density at radius 2 is 2.04 bits per heavy atom. The SMILES string of the molecule is CC(C)(C)OC(=O)N1CC[C@H](n2c(C(F)(F)F)nc3cccnc32)C1. The van der Waals surface area contributed by atoms with E-state index in [0.717, 1.165) is 4.57 Å². The zero-order valence-electron chi connectivity index (χ0n) is 14.2. The van der Waals surface area contributed by atoms with E-state index < -0.39 is 29.7 Å². The van der Waals surface area contributed by atoms with Crippen LogP contribution in [0, 0.1) is 0 Å². The van der Waals surface area contributed by atoms with Crippen molar-refractivity contribution in [2.24, 2.45) is 0 Å². The molecule has 1 aliphatic heterocycles. The van der Waals surface area contributed by atoms with Gasteiger partial charge in [-0.05, 0) is 39.3 Å². The van der Waals surface area contributed by atoms with Crippen LogP contribution in [0.3, 0.4) is 0 Å². The van der Waals surface area contributed by atoms with Crippen LogP contribution in [0.1, 0.15) is 39.1 Å². The number of ether oxygens (including phenoxy) is 1. The average molecular weight is 356 g/mol. The molecule has 1 saturated heterocycles. The van der Waals surface area contributed by atoms with Crippen molar-refractivity contribution in [3.05, 3.63) is 24.2 Å². The molecule has 1 fully saturated rings. The number of carbonyl (C=O) groups is 1. The molecule has 1 aliphatic rings. The van der Waals surface area contributed by atoms with Gasteiger partial charge in [-0.1, -0.05) is 0 Å². The summed E-state index contributed by atoms with van der Waals surface area (Å²) < 4.78 is 46.6. The Labute approximate surface area is 142 Å². The number of aromatic nitrogens is 3. The number of carbonyl (C=O) groups excluding carboxylic acids is 1. The molecule has 1 amide bonds. The molecule has 0 aliphatic carbocycles. The fourth-order valence-electron chi connectivity index (χ4n) is 2.92. The molecular weight excluding hydrogens is 337 g/mol. The standard InChI is InChI=1S/C16H19F3N4O2/c1-15(2,3)25-14(24)22-8-6-10(9-22)23-12-11(5-4-7-20-12)21-13(23)16(17,18)19/h4-5,7,10H,6,8-9H2,1-3H3/t10-/m0/s1. The summed E-state index contributed by atoms with van der Waals surface area (Å²) in [4.78, 5) is 21.3. The molecule has 0 bridgehead atoms. The van der Waals surface area contributed by atoms with Crippen molar-refractivity contribution in [2.75, 3.05) is 13.1 Å². The minimum absolute atomic E-state index is 0.125. The highest BCUT2D eigenvalue weighted by Crippen LogP contribution is 2.36. The van der Waals surface area contributed by atoms with Gasteiger partial charge < -0.3 is 14.2 Å². The molecule has 1 atom stereocenters. The largest absolute Gasteiger partial charge is 0.449 e. The quantitative estimate of drug-likeness (QED) is 0.783. The second-order valence-electron chi connectivity index (χ2n) is 7.02. The molecular formula is C16H19F3N4O2. The number of amides is 1. The molecule has 2 aromatic heterocycles.